The summed E-state index contributed by atoms with van der Waals surface area (Å²) in [5, 5.41) is 4.05. The summed E-state index contributed by atoms with van der Waals surface area (Å²) in [5.74, 6) is -0.835. The molecule has 0 aliphatic rings. The lowest BCUT2D eigenvalue weighted by Gasteiger charge is -2.15. The first-order chi connectivity index (χ1) is 13.9. The molecule has 150 valence electrons. The molecule has 0 unspecified atom stereocenters. The Balaban J connectivity index is 1.99. The summed E-state index contributed by atoms with van der Waals surface area (Å²) < 4.78 is 11.3. The first-order valence-electron chi connectivity index (χ1n) is 9.22. The molecule has 6 nitrogen and oxygen atoms in total. The predicted octanol–water partition coefficient (Wildman–Crippen LogP) is 5.48. The van der Waals surface area contributed by atoms with Crippen molar-refractivity contribution in [2.75, 3.05) is 11.9 Å². The van der Waals surface area contributed by atoms with Gasteiger partial charge in [0.25, 0.3) is 0 Å². The minimum Gasteiger partial charge on any atom is -0.462 e. The van der Waals surface area contributed by atoms with E-state index in [9.17, 15) is 9.59 Å². The van der Waals surface area contributed by atoms with Crippen LogP contribution in [0.3, 0.4) is 0 Å². The third kappa shape index (κ3) is 4.92. The third-order valence-corrected chi connectivity index (χ3v) is 4.55. The molecule has 1 aromatic heterocycles. The fourth-order valence-corrected chi connectivity index (χ4v) is 3.14. The molecule has 7 heteroatoms. The average Bonchev–Trinajstić information content (AvgIpc) is 2.68. The van der Waals surface area contributed by atoms with E-state index in [0.29, 0.717) is 22.5 Å². The average molecular weight is 457 g/mol. The highest BCUT2D eigenvalue weighted by atomic mass is 79.9. The lowest BCUT2D eigenvalue weighted by Crippen LogP contribution is -2.11. The van der Waals surface area contributed by atoms with Crippen molar-refractivity contribution in [3.05, 3.63) is 64.3 Å². The van der Waals surface area contributed by atoms with Crippen molar-refractivity contribution in [1.29, 1.82) is 0 Å². The number of ether oxygens (including phenoxy) is 2. The molecule has 3 rings (SSSR count). The van der Waals surface area contributed by atoms with Gasteiger partial charge in [-0.15, -0.1) is 0 Å². The van der Waals surface area contributed by atoms with Crippen LogP contribution < -0.4 is 5.32 Å². The second-order valence-corrected chi connectivity index (χ2v) is 7.50. The summed E-state index contributed by atoms with van der Waals surface area (Å²) in [6.45, 7) is 5.63. The Morgan fingerprint density at radius 3 is 2.48 bits per heavy atom. The molecular weight excluding hydrogens is 436 g/mol. The number of hydrogen-bond donors (Lipinski definition) is 1. The Hall–Kier alpha value is -2.93. The number of rotatable bonds is 6. The van der Waals surface area contributed by atoms with Gasteiger partial charge in [-0.25, -0.2) is 9.59 Å². The minimum absolute atomic E-state index is 0.186. The number of halogens is 1. The molecule has 0 saturated heterocycles. The predicted molar refractivity (Wildman–Crippen MR) is 116 cm³/mol. The molecule has 0 radical (unpaired) electrons. The van der Waals surface area contributed by atoms with E-state index in [1.807, 2.05) is 18.2 Å². The first kappa shape index (κ1) is 20.8. The SMILES string of the molecule is CCOC(=O)c1cnc2ccc(Br)cc2c1Nc1ccc(C(=O)OC(C)C)cc1. The lowest BCUT2D eigenvalue weighted by molar-refractivity contribution is 0.0377. The van der Waals surface area contributed by atoms with Crippen LogP contribution in [0, 0.1) is 0 Å². The summed E-state index contributed by atoms with van der Waals surface area (Å²) in [5.41, 5.74) is 2.83. The third-order valence-electron chi connectivity index (χ3n) is 4.06. The number of pyridine rings is 1. The highest BCUT2D eigenvalue weighted by molar-refractivity contribution is 9.10. The summed E-state index contributed by atoms with van der Waals surface area (Å²) >= 11 is 3.47. The molecule has 3 aromatic rings. The van der Waals surface area contributed by atoms with Gasteiger partial charge in [0, 0.05) is 21.7 Å². The number of benzene rings is 2. The molecule has 2 aromatic carbocycles. The van der Waals surface area contributed by atoms with E-state index in [1.165, 1.54) is 6.20 Å². The Morgan fingerprint density at radius 1 is 1.10 bits per heavy atom. The van der Waals surface area contributed by atoms with Crippen LogP contribution in [-0.2, 0) is 9.47 Å². The van der Waals surface area contributed by atoms with Gasteiger partial charge in [0.2, 0.25) is 0 Å². The van der Waals surface area contributed by atoms with Crippen molar-refractivity contribution in [3.8, 4) is 0 Å². The van der Waals surface area contributed by atoms with E-state index in [4.69, 9.17) is 9.47 Å². The van der Waals surface area contributed by atoms with Crippen LogP contribution in [0.15, 0.2) is 53.1 Å². The maximum Gasteiger partial charge on any atom is 0.341 e. The van der Waals surface area contributed by atoms with Crippen LogP contribution in [0.4, 0.5) is 11.4 Å². The molecule has 0 spiro atoms. The van der Waals surface area contributed by atoms with Gasteiger partial charge >= 0.3 is 11.9 Å². The Morgan fingerprint density at radius 2 is 1.83 bits per heavy atom. The highest BCUT2D eigenvalue weighted by Gasteiger charge is 2.17. The van der Waals surface area contributed by atoms with Gasteiger partial charge < -0.3 is 14.8 Å². The first-order valence-corrected chi connectivity index (χ1v) is 10.0. The minimum atomic E-state index is -0.457. The number of anilines is 2. The summed E-state index contributed by atoms with van der Waals surface area (Å²) in [7, 11) is 0. The van der Waals surface area contributed by atoms with E-state index < -0.39 is 5.97 Å². The largest absolute Gasteiger partial charge is 0.462 e. The highest BCUT2D eigenvalue weighted by Crippen LogP contribution is 2.31. The zero-order chi connectivity index (χ0) is 21.0. The van der Waals surface area contributed by atoms with Gasteiger partial charge in [-0.1, -0.05) is 15.9 Å². The zero-order valence-electron chi connectivity index (χ0n) is 16.4. The molecule has 0 atom stereocenters. The molecule has 0 bridgehead atoms. The number of aromatic nitrogens is 1. The van der Waals surface area contributed by atoms with Crippen molar-refractivity contribution < 1.29 is 19.1 Å². The van der Waals surface area contributed by atoms with Gasteiger partial charge in [0.1, 0.15) is 5.56 Å². The van der Waals surface area contributed by atoms with Gasteiger partial charge in [-0.05, 0) is 63.2 Å². The summed E-state index contributed by atoms with van der Waals surface area (Å²) in [6, 6.07) is 12.5. The molecule has 0 aliphatic heterocycles. The van der Waals surface area contributed by atoms with E-state index in [2.05, 4.69) is 26.2 Å². The number of esters is 2. The van der Waals surface area contributed by atoms with E-state index in [-0.39, 0.29) is 18.7 Å². The molecule has 1 heterocycles. The summed E-state index contributed by atoms with van der Waals surface area (Å²) in [6.07, 6.45) is 1.32. The van der Waals surface area contributed by atoms with E-state index in [0.717, 1.165) is 15.4 Å². The fourth-order valence-electron chi connectivity index (χ4n) is 2.78. The number of carbonyl (C=O) groups excluding carboxylic acids is 2. The molecule has 0 saturated carbocycles. The number of nitrogens with one attached hydrogen (secondary N) is 1. The molecule has 0 aliphatic carbocycles. The van der Waals surface area contributed by atoms with Crippen molar-refractivity contribution in [1.82, 2.24) is 4.98 Å². The van der Waals surface area contributed by atoms with Crippen LogP contribution in [0.1, 0.15) is 41.5 Å². The second-order valence-electron chi connectivity index (χ2n) is 6.59. The Kier molecular flexibility index (Phi) is 6.49. The maximum absolute atomic E-state index is 12.5. The topological polar surface area (TPSA) is 77.5 Å². The lowest BCUT2D eigenvalue weighted by atomic mass is 10.1. The van der Waals surface area contributed by atoms with Crippen LogP contribution in [0.5, 0.6) is 0 Å². The van der Waals surface area contributed by atoms with Gasteiger partial charge in [-0.3, -0.25) is 4.98 Å². The quantitative estimate of drug-likeness (QED) is 0.494. The van der Waals surface area contributed by atoms with Crippen LogP contribution in [-0.4, -0.2) is 29.6 Å². The fraction of sp³-hybridized carbons (Fsp3) is 0.227. The van der Waals surface area contributed by atoms with Gasteiger partial charge in [-0.2, -0.15) is 0 Å². The normalized spacial score (nSPS) is 10.8. The standard InChI is InChI=1S/C22H21BrN2O4/c1-4-28-22(27)18-12-24-19-10-7-15(23)11-17(19)20(18)25-16-8-5-14(6-9-16)21(26)29-13(2)3/h5-13H,4H2,1-3H3,(H,24,25). The zero-order valence-corrected chi connectivity index (χ0v) is 17.9. The number of carbonyl (C=O) groups is 2. The Labute approximate surface area is 177 Å². The van der Waals surface area contributed by atoms with Crippen LogP contribution in [0.2, 0.25) is 0 Å². The van der Waals surface area contributed by atoms with Crippen molar-refractivity contribution in [2.24, 2.45) is 0 Å². The van der Waals surface area contributed by atoms with Crippen molar-refractivity contribution in [2.45, 2.75) is 26.9 Å². The van der Waals surface area contributed by atoms with Crippen molar-refractivity contribution >= 4 is 50.1 Å². The van der Waals surface area contributed by atoms with Crippen LogP contribution in [0.25, 0.3) is 10.9 Å². The van der Waals surface area contributed by atoms with E-state index >= 15 is 0 Å². The molecule has 0 fully saturated rings. The Bertz CT molecular complexity index is 1050. The molecule has 0 amide bonds. The molecule has 1 N–H and O–H groups in total. The monoisotopic (exact) mass is 456 g/mol. The number of hydrogen-bond acceptors (Lipinski definition) is 6. The van der Waals surface area contributed by atoms with E-state index in [1.54, 1.807) is 45.0 Å². The number of fused-ring (bicyclic) bond motifs is 1. The van der Waals surface area contributed by atoms with Gasteiger partial charge in [0.15, 0.2) is 0 Å². The van der Waals surface area contributed by atoms with Gasteiger partial charge in [0.05, 0.1) is 29.5 Å². The molecule has 29 heavy (non-hydrogen) atoms. The van der Waals surface area contributed by atoms with Crippen molar-refractivity contribution in [3.63, 3.8) is 0 Å². The smallest absolute Gasteiger partial charge is 0.341 e. The second kappa shape index (κ2) is 9.05. The summed E-state index contributed by atoms with van der Waals surface area (Å²) in [4.78, 5) is 28.9. The maximum atomic E-state index is 12.5. The van der Waals surface area contributed by atoms with Crippen LogP contribution >= 0.6 is 15.9 Å². The number of nitrogens with zero attached hydrogens (tertiary/aromatic N) is 1. The molecular formula is C22H21BrN2O4.